The first-order valence-corrected chi connectivity index (χ1v) is 8.58. The van der Waals surface area contributed by atoms with Gasteiger partial charge in [0, 0.05) is 18.9 Å². The summed E-state index contributed by atoms with van der Waals surface area (Å²) in [6.45, 7) is 10.7. The van der Waals surface area contributed by atoms with Crippen LogP contribution in [0.1, 0.15) is 47.5 Å². The van der Waals surface area contributed by atoms with Crippen molar-refractivity contribution in [3.8, 4) is 11.5 Å². The van der Waals surface area contributed by atoms with Gasteiger partial charge >= 0.3 is 0 Å². The molecule has 2 rings (SSSR count). The molecule has 0 saturated carbocycles. The monoisotopic (exact) mass is 335 g/mol. The molecule has 3 N–H and O–H groups in total. The highest BCUT2D eigenvalue weighted by molar-refractivity contribution is 5.81. The summed E-state index contributed by atoms with van der Waals surface area (Å²) in [7, 11) is 1.62. The Hall–Kier alpha value is -1.75. The second kappa shape index (κ2) is 7.01. The lowest BCUT2D eigenvalue weighted by atomic mass is 9.79. The third-order valence-corrected chi connectivity index (χ3v) is 4.41. The molecule has 1 aliphatic rings. The number of methoxy groups -OCH3 is 1. The van der Waals surface area contributed by atoms with Crippen molar-refractivity contribution < 1.29 is 19.6 Å². The number of nitrogens with one attached hydrogen (secondary N) is 1. The van der Waals surface area contributed by atoms with E-state index in [0.717, 1.165) is 18.6 Å². The van der Waals surface area contributed by atoms with E-state index in [0.29, 0.717) is 5.75 Å². The van der Waals surface area contributed by atoms with E-state index >= 15 is 0 Å². The van der Waals surface area contributed by atoms with Crippen LogP contribution >= 0.6 is 0 Å². The molecular weight excluding hydrogens is 304 g/mol. The lowest BCUT2D eigenvalue weighted by molar-refractivity contribution is -0.787. The maximum Gasteiger partial charge on any atom is 0.261 e. The van der Waals surface area contributed by atoms with Crippen LogP contribution in [0.4, 0.5) is 0 Å². The van der Waals surface area contributed by atoms with Gasteiger partial charge in [-0.1, -0.05) is 0 Å². The number of carbonyl (C=O) groups is 1. The molecule has 1 aromatic rings. The van der Waals surface area contributed by atoms with Gasteiger partial charge in [0.1, 0.15) is 11.5 Å². The lowest BCUT2D eigenvalue weighted by Gasteiger charge is -2.43. The molecule has 0 radical (unpaired) electrons. The van der Waals surface area contributed by atoms with Crippen molar-refractivity contribution in [3.05, 3.63) is 24.3 Å². The quantitative estimate of drug-likeness (QED) is 0.863. The van der Waals surface area contributed by atoms with Gasteiger partial charge in [-0.2, -0.15) is 0 Å². The van der Waals surface area contributed by atoms with E-state index in [-0.39, 0.29) is 23.0 Å². The maximum atomic E-state index is 12.5. The standard InChI is InChI=1S/C19H30N2O3/c1-13(24-16-9-7-15(23-6)8-10-16)17(22)20-14-11-18(2,3)21-19(4,5)12-14/h7-10,13-14,21H,11-12H2,1-6H3,(H,20,22)/p+1/t13-/m0/s1. The van der Waals surface area contributed by atoms with Crippen LogP contribution in [0, 0.1) is 0 Å². The first-order valence-electron chi connectivity index (χ1n) is 8.58. The van der Waals surface area contributed by atoms with Gasteiger partial charge in [-0.3, -0.25) is 4.79 Å². The van der Waals surface area contributed by atoms with Crippen LogP contribution in [-0.2, 0) is 4.79 Å². The molecule has 0 bridgehead atoms. The highest BCUT2D eigenvalue weighted by Crippen LogP contribution is 2.22. The summed E-state index contributed by atoms with van der Waals surface area (Å²) < 4.78 is 10.9. The minimum atomic E-state index is -0.532. The van der Waals surface area contributed by atoms with E-state index < -0.39 is 6.10 Å². The van der Waals surface area contributed by atoms with Crippen LogP contribution in [-0.4, -0.2) is 36.2 Å². The summed E-state index contributed by atoms with van der Waals surface area (Å²) in [6, 6.07) is 7.44. The number of carbonyl (C=O) groups excluding carboxylic acids is 1. The van der Waals surface area contributed by atoms with E-state index in [9.17, 15) is 4.79 Å². The number of nitrogens with two attached hydrogens (primary N) is 1. The summed E-state index contributed by atoms with van der Waals surface area (Å²) in [5, 5.41) is 5.57. The largest absolute Gasteiger partial charge is 0.497 e. The van der Waals surface area contributed by atoms with Crippen LogP contribution < -0.4 is 20.1 Å². The van der Waals surface area contributed by atoms with Crippen molar-refractivity contribution in [1.82, 2.24) is 5.32 Å². The predicted octanol–water partition coefficient (Wildman–Crippen LogP) is 1.86. The molecule has 0 spiro atoms. The van der Waals surface area contributed by atoms with Crippen molar-refractivity contribution in [3.63, 3.8) is 0 Å². The van der Waals surface area contributed by atoms with E-state index in [2.05, 4.69) is 38.3 Å². The molecule has 134 valence electrons. The fourth-order valence-electron chi connectivity index (χ4n) is 3.85. The van der Waals surface area contributed by atoms with Gasteiger partial charge in [0.05, 0.1) is 18.2 Å². The molecule has 1 fully saturated rings. The molecule has 1 aromatic carbocycles. The maximum absolute atomic E-state index is 12.5. The Kier molecular flexibility index (Phi) is 5.43. The Morgan fingerprint density at radius 2 is 1.62 bits per heavy atom. The van der Waals surface area contributed by atoms with Crippen molar-refractivity contribution in [2.24, 2.45) is 0 Å². The molecular formula is C19H31N2O3+. The Morgan fingerprint density at radius 3 is 2.12 bits per heavy atom. The Bertz CT molecular complexity index is 550. The fourth-order valence-corrected chi connectivity index (χ4v) is 3.85. The van der Waals surface area contributed by atoms with Crippen LogP contribution in [0.3, 0.4) is 0 Å². The molecule has 5 heteroatoms. The zero-order chi connectivity index (χ0) is 18.0. The Labute approximate surface area is 145 Å². The molecule has 5 nitrogen and oxygen atoms in total. The predicted molar refractivity (Wildman–Crippen MR) is 94.3 cm³/mol. The molecule has 1 heterocycles. The van der Waals surface area contributed by atoms with Crippen LogP contribution in [0.5, 0.6) is 11.5 Å². The van der Waals surface area contributed by atoms with Crippen molar-refractivity contribution in [2.45, 2.75) is 70.7 Å². The minimum absolute atomic E-state index is 0.0654. The van der Waals surface area contributed by atoms with Crippen molar-refractivity contribution >= 4 is 5.91 Å². The molecule has 0 unspecified atom stereocenters. The molecule has 1 atom stereocenters. The van der Waals surface area contributed by atoms with Gasteiger partial charge in [0.2, 0.25) is 0 Å². The second-order valence-corrected chi connectivity index (χ2v) is 8.17. The van der Waals surface area contributed by atoms with Gasteiger partial charge < -0.3 is 20.1 Å². The normalized spacial score (nSPS) is 20.9. The fraction of sp³-hybridized carbons (Fsp3) is 0.632. The summed E-state index contributed by atoms with van der Waals surface area (Å²) >= 11 is 0. The van der Waals surface area contributed by atoms with E-state index in [1.165, 1.54) is 0 Å². The first-order chi connectivity index (χ1) is 11.1. The van der Waals surface area contributed by atoms with Gasteiger partial charge in [0.15, 0.2) is 6.10 Å². The highest BCUT2D eigenvalue weighted by atomic mass is 16.5. The van der Waals surface area contributed by atoms with Gasteiger partial charge in [0.25, 0.3) is 5.91 Å². The molecule has 0 aliphatic carbocycles. The number of benzene rings is 1. The minimum Gasteiger partial charge on any atom is -0.497 e. The van der Waals surface area contributed by atoms with Crippen molar-refractivity contribution in [2.75, 3.05) is 7.11 Å². The van der Waals surface area contributed by atoms with Crippen LogP contribution in [0.15, 0.2) is 24.3 Å². The average Bonchev–Trinajstić information content (AvgIpc) is 2.44. The summed E-state index contributed by atoms with van der Waals surface area (Å²) in [5.74, 6) is 1.36. The molecule has 24 heavy (non-hydrogen) atoms. The SMILES string of the molecule is COc1ccc(O[C@@H](C)C(=O)NC2CC(C)(C)[NH2+]C(C)(C)C2)cc1. The number of hydrogen-bond donors (Lipinski definition) is 2. The highest BCUT2D eigenvalue weighted by Gasteiger charge is 2.42. The van der Waals surface area contributed by atoms with Gasteiger partial charge in [-0.05, 0) is 58.9 Å². The average molecular weight is 335 g/mol. The summed E-state index contributed by atoms with van der Waals surface area (Å²) in [6.07, 6.45) is 1.38. The number of amides is 1. The Morgan fingerprint density at radius 1 is 1.12 bits per heavy atom. The smallest absolute Gasteiger partial charge is 0.261 e. The Balaban J connectivity index is 1.93. The van der Waals surface area contributed by atoms with Gasteiger partial charge in [-0.25, -0.2) is 0 Å². The molecule has 0 aromatic heterocycles. The number of rotatable bonds is 5. The van der Waals surface area contributed by atoms with Crippen molar-refractivity contribution in [1.29, 1.82) is 0 Å². The molecule has 1 saturated heterocycles. The first kappa shape index (κ1) is 18.6. The third kappa shape index (κ3) is 5.13. The number of ether oxygens (including phenoxy) is 2. The summed E-state index contributed by atoms with van der Waals surface area (Å²) in [5.41, 5.74) is 0.250. The number of quaternary nitrogens is 1. The number of piperidine rings is 1. The zero-order valence-electron chi connectivity index (χ0n) is 15.7. The lowest BCUT2D eigenvalue weighted by Crippen LogP contribution is -3.06. The second-order valence-electron chi connectivity index (χ2n) is 8.17. The number of hydrogen-bond acceptors (Lipinski definition) is 3. The third-order valence-electron chi connectivity index (χ3n) is 4.41. The van der Waals surface area contributed by atoms with Crippen LogP contribution in [0.2, 0.25) is 0 Å². The van der Waals surface area contributed by atoms with E-state index in [4.69, 9.17) is 9.47 Å². The summed E-state index contributed by atoms with van der Waals surface area (Å²) in [4.78, 5) is 12.5. The zero-order valence-corrected chi connectivity index (χ0v) is 15.7. The molecule has 1 amide bonds. The van der Waals surface area contributed by atoms with Crippen LogP contribution in [0.25, 0.3) is 0 Å². The van der Waals surface area contributed by atoms with Gasteiger partial charge in [-0.15, -0.1) is 0 Å². The molecule has 1 aliphatic heterocycles. The topological polar surface area (TPSA) is 64.2 Å². The van der Waals surface area contributed by atoms with E-state index in [1.807, 2.05) is 24.3 Å². The van der Waals surface area contributed by atoms with E-state index in [1.54, 1.807) is 14.0 Å².